The minimum absolute atomic E-state index is 0.302. The van der Waals surface area contributed by atoms with Gasteiger partial charge in [0.1, 0.15) is 12.3 Å². The van der Waals surface area contributed by atoms with Crippen molar-refractivity contribution < 1.29 is 4.74 Å². The van der Waals surface area contributed by atoms with E-state index >= 15 is 0 Å². The number of nitrogens with zero attached hydrogens (tertiary/aromatic N) is 2. The Morgan fingerprint density at radius 3 is 2.29 bits per heavy atom. The maximum absolute atomic E-state index is 8.78. The molecule has 4 heteroatoms. The third-order valence-corrected chi connectivity index (χ3v) is 3.59. The minimum atomic E-state index is 0.302. The number of rotatable bonds is 3. The lowest BCUT2D eigenvalue weighted by molar-refractivity contribution is 0.411. The van der Waals surface area contributed by atoms with E-state index in [0.717, 1.165) is 33.1 Å². The van der Waals surface area contributed by atoms with Crippen molar-refractivity contribution in [2.45, 2.75) is 20.8 Å². The van der Waals surface area contributed by atoms with Crippen LogP contribution in [0.5, 0.6) is 5.75 Å². The van der Waals surface area contributed by atoms with Crippen molar-refractivity contribution in [1.82, 2.24) is 0 Å². The molecule has 1 rings (SSSR count). The summed E-state index contributed by atoms with van der Waals surface area (Å²) in [6, 6.07) is 2.13. The van der Waals surface area contributed by atoms with Crippen molar-refractivity contribution in [1.29, 1.82) is 5.26 Å². The lowest BCUT2D eigenvalue weighted by atomic mass is 10.0. The minimum Gasteiger partial charge on any atom is -0.494 e. The third kappa shape index (κ3) is 2.32. The summed E-state index contributed by atoms with van der Waals surface area (Å²) >= 11 is 6.30. The quantitative estimate of drug-likeness (QED) is 0.775. The van der Waals surface area contributed by atoms with Crippen molar-refractivity contribution in [3.05, 3.63) is 21.7 Å². The maximum Gasteiger partial charge on any atom is 0.145 e. The molecule has 0 aliphatic carbocycles. The Morgan fingerprint density at radius 2 is 1.82 bits per heavy atom. The van der Waals surface area contributed by atoms with Gasteiger partial charge in [-0.1, -0.05) is 11.6 Å². The van der Waals surface area contributed by atoms with Gasteiger partial charge >= 0.3 is 0 Å². The average Bonchev–Trinajstić information content (AvgIpc) is 2.31. The van der Waals surface area contributed by atoms with E-state index in [4.69, 9.17) is 21.6 Å². The van der Waals surface area contributed by atoms with Crippen LogP contribution in [0.15, 0.2) is 0 Å². The zero-order valence-corrected chi connectivity index (χ0v) is 11.6. The molecule has 0 aromatic heterocycles. The summed E-state index contributed by atoms with van der Waals surface area (Å²) in [7, 11) is 3.50. The fraction of sp³-hybridized carbons (Fsp3) is 0.462. The zero-order chi connectivity index (χ0) is 13.2. The number of ether oxygens (including phenoxy) is 1. The van der Waals surface area contributed by atoms with Gasteiger partial charge in [-0.15, -0.1) is 0 Å². The third-order valence-electron chi connectivity index (χ3n) is 3.03. The van der Waals surface area contributed by atoms with Gasteiger partial charge in [0, 0.05) is 12.1 Å². The summed E-state index contributed by atoms with van der Waals surface area (Å²) in [6.07, 6.45) is 0. The molecule has 0 radical (unpaired) electrons. The molecule has 0 atom stereocenters. The Labute approximate surface area is 108 Å². The molecular weight excluding hydrogens is 236 g/mol. The number of nitriles is 1. The topological polar surface area (TPSA) is 36.3 Å². The molecule has 0 aliphatic heterocycles. The van der Waals surface area contributed by atoms with Crippen LogP contribution in [0.2, 0.25) is 5.02 Å². The van der Waals surface area contributed by atoms with E-state index in [9.17, 15) is 0 Å². The molecule has 0 amide bonds. The van der Waals surface area contributed by atoms with Gasteiger partial charge in [0.15, 0.2) is 0 Å². The molecule has 0 N–H and O–H groups in total. The highest BCUT2D eigenvalue weighted by Gasteiger charge is 2.19. The number of hydrogen-bond donors (Lipinski definition) is 0. The molecule has 1 aromatic rings. The summed E-state index contributed by atoms with van der Waals surface area (Å²) in [4.78, 5) is 1.85. The molecule has 3 nitrogen and oxygen atoms in total. The van der Waals surface area contributed by atoms with Crippen molar-refractivity contribution in [3.63, 3.8) is 0 Å². The summed E-state index contributed by atoms with van der Waals surface area (Å²) in [5.41, 5.74) is 3.88. The van der Waals surface area contributed by atoms with Gasteiger partial charge in [-0.05, 0) is 37.5 Å². The van der Waals surface area contributed by atoms with Gasteiger partial charge in [-0.25, -0.2) is 0 Å². The van der Waals surface area contributed by atoms with Crippen LogP contribution in [0.25, 0.3) is 0 Å². The van der Waals surface area contributed by atoms with Crippen LogP contribution in [-0.2, 0) is 0 Å². The Kier molecular flexibility index (Phi) is 4.25. The fourth-order valence-corrected chi connectivity index (χ4v) is 2.19. The number of benzene rings is 1. The van der Waals surface area contributed by atoms with Crippen molar-refractivity contribution in [2.24, 2.45) is 0 Å². The molecule has 0 saturated carbocycles. The first-order valence-electron chi connectivity index (χ1n) is 5.37. The lowest BCUT2D eigenvalue weighted by Crippen LogP contribution is -2.20. The van der Waals surface area contributed by atoms with Gasteiger partial charge < -0.3 is 9.64 Å². The molecule has 0 saturated heterocycles. The highest BCUT2D eigenvalue weighted by molar-refractivity contribution is 6.32. The van der Waals surface area contributed by atoms with Crippen LogP contribution in [0.4, 0.5) is 5.69 Å². The van der Waals surface area contributed by atoms with Gasteiger partial charge in [-0.3, -0.25) is 0 Å². The summed E-state index contributed by atoms with van der Waals surface area (Å²) < 4.78 is 5.45. The summed E-state index contributed by atoms with van der Waals surface area (Å²) in [6.45, 7) is 6.20. The van der Waals surface area contributed by atoms with Crippen LogP contribution in [-0.4, -0.2) is 20.7 Å². The highest BCUT2D eigenvalue weighted by atomic mass is 35.5. The molecule has 0 spiro atoms. The molecule has 92 valence electrons. The van der Waals surface area contributed by atoms with Crippen LogP contribution in [0.3, 0.4) is 0 Å². The molecular formula is C13H17ClN2O. The monoisotopic (exact) mass is 252 g/mol. The Morgan fingerprint density at radius 1 is 1.24 bits per heavy atom. The first-order chi connectivity index (χ1) is 7.95. The Hall–Kier alpha value is -1.40. The van der Waals surface area contributed by atoms with E-state index in [1.165, 1.54) is 0 Å². The first-order valence-corrected chi connectivity index (χ1v) is 5.74. The molecule has 0 aliphatic rings. The second kappa shape index (κ2) is 5.29. The highest BCUT2D eigenvalue weighted by Crippen LogP contribution is 2.41. The average molecular weight is 253 g/mol. The first kappa shape index (κ1) is 13.7. The predicted molar refractivity (Wildman–Crippen MR) is 71.1 cm³/mol. The van der Waals surface area contributed by atoms with E-state index < -0.39 is 0 Å². The van der Waals surface area contributed by atoms with E-state index in [-0.39, 0.29) is 0 Å². The van der Waals surface area contributed by atoms with Crippen molar-refractivity contribution >= 4 is 17.3 Å². The number of anilines is 1. The Balaban J connectivity index is 3.53. The van der Waals surface area contributed by atoms with Gasteiger partial charge in [-0.2, -0.15) is 5.26 Å². The second-order valence-corrected chi connectivity index (χ2v) is 4.46. The molecule has 0 bridgehead atoms. The Bertz CT molecular complexity index is 478. The van der Waals surface area contributed by atoms with Crippen LogP contribution in [0.1, 0.15) is 16.7 Å². The summed E-state index contributed by atoms with van der Waals surface area (Å²) in [5, 5.41) is 9.52. The van der Waals surface area contributed by atoms with E-state index in [1.54, 1.807) is 7.11 Å². The van der Waals surface area contributed by atoms with Gasteiger partial charge in [0.25, 0.3) is 0 Å². The zero-order valence-electron chi connectivity index (χ0n) is 10.9. The van der Waals surface area contributed by atoms with Crippen molar-refractivity contribution in [3.8, 4) is 11.8 Å². The van der Waals surface area contributed by atoms with E-state index in [0.29, 0.717) is 6.54 Å². The molecule has 0 heterocycles. The standard InChI is InChI=1S/C13H17ClN2O/c1-8-9(2)13(17-5)12(10(3)11(8)14)16(4)7-6-15/h7H2,1-5H3. The molecule has 0 fully saturated rings. The SMILES string of the molecule is COc1c(C)c(C)c(Cl)c(C)c1N(C)CC#N. The fourth-order valence-electron chi connectivity index (χ4n) is 1.96. The van der Waals surface area contributed by atoms with Gasteiger partial charge in [0.2, 0.25) is 0 Å². The van der Waals surface area contributed by atoms with E-state index in [2.05, 4.69) is 6.07 Å². The number of halogens is 1. The van der Waals surface area contributed by atoms with Crippen LogP contribution >= 0.6 is 11.6 Å². The van der Waals surface area contributed by atoms with Gasteiger partial charge in [0.05, 0.1) is 18.9 Å². The lowest BCUT2D eigenvalue weighted by Gasteiger charge is -2.24. The molecule has 17 heavy (non-hydrogen) atoms. The van der Waals surface area contributed by atoms with Crippen molar-refractivity contribution in [2.75, 3.05) is 25.6 Å². The van der Waals surface area contributed by atoms with E-state index in [1.807, 2.05) is 32.7 Å². The van der Waals surface area contributed by atoms with Crippen LogP contribution in [0, 0.1) is 32.1 Å². The second-order valence-electron chi connectivity index (χ2n) is 4.09. The molecule has 0 unspecified atom stereocenters. The maximum atomic E-state index is 8.78. The normalized spacial score (nSPS) is 9.94. The van der Waals surface area contributed by atoms with Crippen LogP contribution < -0.4 is 9.64 Å². The largest absolute Gasteiger partial charge is 0.494 e. The smallest absolute Gasteiger partial charge is 0.145 e. The summed E-state index contributed by atoms with van der Waals surface area (Å²) in [5.74, 6) is 0.794. The predicted octanol–water partition coefficient (Wildman–Crippen LogP) is 3.23. The molecule has 1 aromatic carbocycles. The number of hydrogen-bond acceptors (Lipinski definition) is 3. The number of methoxy groups -OCH3 is 1.